The van der Waals surface area contributed by atoms with Crippen LogP contribution in [0.15, 0.2) is 30.3 Å². The van der Waals surface area contributed by atoms with Crippen molar-refractivity contribution in [1.29, 1.82) is 0 Å². The molecule has 0 aliphatic heterocycles. The molecule has 0 aromatic heterocycles. The molecule has 0 atom stereocenters. The maximum absolute atomic E-state index is 12.1. The van der Waals surface area contributed by atoms with Crippen molar-refractivity contribution in [3.05, 3.63) is 52.6 Å². The largest absolute Gasteiger partial charge is 0.508 e. The van der Waals surface area contributed by atoms with Gasteiger partial charge in [0.2, 0.25) is 0 Å². The number of phenolic OH excluding ortho intramolecular Hbond substituents is 1. The van der Waals surface area contributed by atoms with E-state index >= 15 is 0 Å². The minimum Gasteiger partial charge on any atom is -0.508 e. The predicted molar refractivity (Wildman–Crippen MR) is 101 cm³/mol. The lowest BCUT2D eigenvalue weighted by Gasteiger charge is -2.16. The van der Waals surface area contributed by atoms with E-state index in [0.717, 1.165) is 28.0 Å². The van der Waals surface area contributed by atoms with Gasteiger partial charge in [-0.3, -0.25) is 0 Å². The fourth-order valence-corrected chi connectivity index (χ4v) is 3.97. The van der Waals surface area contributed by atoms with Crippen LogP contribution in [0, 0.1) is 13.8 Å². The number of aromatic hydroxyl groups is 1. The lowest BCUT2D eigenvalue weighted by molar-refractivity contribution is 0.452. The smallest absolute Gasteiger partial charge is 0.133 e. The van der Waals surface area contributed by atoms with Gasteiger partial charge >= 0.3 is 0 Å². The normalized spacial score (nSPS) is 11.8. The molecule has 0 radical (unpaired) electrons. The highest BCUT2D eigenvalue weighted by molar-refractivity contribution is 7.61. The Kier molecular flexibility index (Phi) is 5.45. The summed E-state index contributed by atoms with van der Waals surface area (Å²) >= 11 is 0. The van der Waals surface area contributed by atoms with Crippen LogP contribution >= 0.6 is 7.14 Å². The van der Waals surface area contributed by atoms with Crippen LogP contribution in [0.2, 0.25) is 0 Å². The molecule has 1 N–H and O–H groups in total. The van der Waals surface area contributed by atoms with E-state index in [1.165, 1.54) is 0 Å². The second-order valence-corrected chi connectivity index (χ2v) is 10.7. The van der Waals surface area contributed by atoms with Gasteiger partial charge in [0.05, 0.1) is 7.14 Å². The highest BCUT2D eigenvalue weighted by Gasteiger charge is 2.14. The van der Waals surface area contributed by atoms with Crippen molar-refractivity contribution in [3.63, 3.8) is 0 Å². The molecule has 2 aromatic carbocycles. The van der Waals surface area contributed by atoms with Crippen LogP contribution in [0.25, 0.3) is 0 Å². The van der Waals surface area contributed by atoms with Gasteiger partial charge in [0.1, 0.15) is 17.2 Å². The number of aryl methyl sites for hydroxylation is 2. The molecule has 4 heteroatoms. The number of benzene rings is 2. The Morgan fingerprint density at radius 2 is 1.67 bits per heavy atom. The van der Waals surface area contributed by atoms with Crippen molar-refractivity contribution in [2.45, 2.75) is 39.8 Å². The molecule has 0 aliphatic rings. The zero-order chi connectivity index (χ0) is 18.1. The van der Waals surface area contributed by atoms with Gasteiger partial charge in [-0.1, -0.05) is 26.0 Å². The van der Waals surface area contributed by atoms with Gasteiger partial charge in [0, 0.05) is 11.7 Å². The molecule has 0 bridgehead atoms. The molecule has 0 fully saturated rings. The van der Waals surface area contributed by atoms with Gasteiger partial charge in [-0.2, -0.15) is 0 Å². The fourth-order valence-electron chi connectivity index (χ4n) is 2.91. The highest BCUT2D eigenvalue weighted by Crippen LogP contribution is 2.42. The molecule has 24 heavy (non-hydrogen) atoms. The molecule has 2 rings (SSSR count). The van der Waals surface area contributed by atoms with Crippen LogP contribution in [0.4, 0.5) is 0 Å². The quantitative estimate of drug-likeness (QED) is 0.671. The Morgan fingerprint density at radius 1 is 1.08 bits per heavy atom. The molecular weight excluding hydrogens is 319 g/mol. The third-order valence-corrected chi connectivity index (χ3v) is 5.05. The maximum Gasteiger partial charge on any atom is 0.133 e. The van der Waals surface area contributed by atoms with E-state index in [2.05, 4.69) is 0 Å². The molecule has 0 saturated carbocycles. The van der Waals surface area contributed by atoms with E-state index < -0.39 is 7.14 Å². The van der Waals surface area contributed by atoms with Crippen LogP contribution in [0.1, 0.15) is 42.0 Å². The van der Waals surface area contributed by atoms with E-state index in [1.54, 1.807) is 12.1 Å². The third-order valence-electron chi connectivity index (χ3n) is 3.92. The molecule has 0 amide bonds. The topological polar surface area (TPSA) is 46.5 Å². The molecule has 0 spiro atoms. The van der Waals surface area contributed by atoms with Gasteiger partial charge in [-0.25, -0.2) is 0 Å². The van der Waals surface area contributed by atoms with Gasteiger partial charge < -0.3 is 14.4 Å². The summed E-state index contributed by atoms with van der Waals surface area (Å²) in [4.78, 5) is 0. The maximum atomic E-state index is 12.1. The molecule has 0 saturated heterocycles. The minimum atomic E-state index is -2.10. The van der Waals surface area contributed by atoms with Crippen molar-refractivity contribution >= 4 is 7.14 Å². The Morgan fingerprint density at radius 3 is 2.17 bits per heavy atom. The average Bonchev–Trinajstić information content (AvgIpc) is 2.42. The third kappa shape index (κ3) is 4.64. The molecule has 130 valence electrons. The van der Waals surface area contributed by atoms with Crippen LogP contribution in [0.5, 0.6) is 17.2 Å². The highest BCUT2D eigenvalue weighted by atomic mass is 31.2. The summed E-state index contributed by atoms with van der Waals surface area (Å²) < 4.78 is 18.2. The van der Waals surface area contributed by atoms with Gasteiger partial charge in [0.15, 0.2) is 0 Å². The van der Waals surface area contributed by atoms with E-state index in [1.807, 2.05) is 59.2 Å². The van der Waals surface area contributed by atoms with Gasteiger partial charge in [-0.15, -0.1) is 0 Å². The lowest BCUT2D eigenvalue weighted by atomic mass is 10.0. The summed E-state index contributed by atoms with van der Waals surface area (Å²) in [6.07, 6.45) is 0.603. The Hall–Kier alpha value is -1.73. The van der Waals surface area contributed by atoms with E-state index in [4.69, 9.17) is 4.74 Å². The first-order valence-corrected chi connectivity index (χ1v) is 11.0. The average molecular weight is 346 g/mol. The van der Waals surface area contributed by atoms with Crippen LogP contribution in [0.3, 0.4) is 0 Å². The molecule has 0 aliphatic carbocycles. The second-order valence-electron chi connectivity index (χ2n) is 7.27. The lowest BCUT2D eigenvalue weighted by Crippen LogP contribution is -1.96. The first kappa shape index (κ1) is 18.6. The van der Waals surface area contributed by atoms with Gasteiger partial charge in [-0.05, 0) is 68.0 Å². The van der Waals surface area contributed by atoms with Crippen molar-refractivity contribution in [2.24, 2.45) is 0 Å². The molecular formula is C20H27O3P. The monoisotopic (exact) mass is 346 g/mol. The zero-order valence-electron chi connectivity index (χ0n) is 15.4. The van der Waals surface area contributed by atoms with Crippen molar-refractivity contribution < 1.29 is 14.4 Å². The summed E-state index contributed by atoms with van der Waals surface area (Å²) in [7, 11) is -2.10. The Bertz CT molecular complexity index is 764. The number of rotatable bonds is 5. The van der Waals surface area contributed by atoms with Crippen LogP contribution < -0.4 is 4.74 Å². The summed E-state index contributed by atoms with van der Waals surface area (Å²) in [5.41, 5.74) is 4.01. The summed E-state index contributed by atoms with van der Waals surface area (Å²) in [5, 5.41) is 9.94. The number of ether oxygens (including phenoxy) is 1. The standard InChI is InChI=1S/C20H27O3P/c1-13(2)18-11-17(7-8-19(18)21)23-20-14(3)9-16(10-15(20)4)12-24(5,6)22/h7-11,13,21H,12H2,1-6H3. The Balaban J connectivity index is 2.34. The van der Waals surface area contributed by atoms with Crippen LogP contribution in [-0.4, -0.2) is 18.4 Å². The van der Waals surface area contributed by atoms with E-state index in [0.29, 0.717) is 17.7 Å². The van der Waals surface area contributed by atoms with Crippen molar-refractivity contribution in [3.8, 4) is 17.2 Å². The van der Waals surface area contributed by atoms with Crippen molar-refractivity contribution in [1.82, 2.24) is 0 Å². The number of hydrogen-bond donors (Lipinski definition) is 1. The number of phenols is 1. The number of hydrogen-bond acceptors (Lipinski definition) is 3. The predicted octanol–water partition coefficient (Wildman–Crippen LogP) is 6.05. The zero-order valence-corrected chi connectivity index (χ0v) is 16.3. The first-order chi connectivity index (χ1) is 11.1. The summed E-state index contributed by atoms with van der Waals surface area (Å²) in [6.45, 7) is 11.7. The SMILES string of the molecule is Cc1cc(CP(C)(C)=O)cc(C)c1Oc1ccc(O)c(C(C)C)c1. The van der Waals surface area contributed by atoms with Gasteiger partial charge in [0.25, 0.3) is 0 Å². The van der Waals surface area contributed by atoms with Crippen LogP contribution in [-0.2, 0) is 10.7 Å². The molecule has 0 unspecified atom stereocenters. The minimum absolute atomic E-state index is 0.223. The van der Waals surface area contributed by atoms with E-state index in [9.17, 15) is 9.67 Å². The summed E-state index contributed by atoms with van der Waals surface area (Å²) in [5.74, 6) is 2.05. The second kappa shape index (κ2) is 7.03. The summed E-state index contributed by atoms with van der Waals surface area (Å²) in [6, 6.07) is 9.44. The van der Waals surface area contributed by atoms with E-state index in [-0.39, 0.29) is 5.92 Å². The molecule has 2 aromatic rings. The fraction of sp³-hybridized carbons (Fsp3) is 0.400. The first-order valence-electron chi connectivity index (χ1n) is 8.21. The Labute approximate surface area is 145 Å². The molecule has 3 nitrogen and oxygen atoms in total. The molecule has 0 heterocycles. The van der Waals surface area contributed by atoms with Crippen molar-refractivity contribution in [2.75, 3.05) is 13.3 Å².